The van der Waals surface area contributed by atoms with E-state index < -0.39 is 0 Å². The van der Waals surface area contributed by atoms with Crippen LogP contribution in [0.4, 0.5) is 11.5 Å². The van der Waals surface area contributed by atoms with E-state index in [1.165, 1.54) is 12.4 Å². The molecule has 0 atom stereocenters. The zero-order valence-corrected chi connectivity index (χ0v) is 15.3. The van der Waals surface area contributed by atoms with Gasteiger partial charge in [0, 0.05) is 17.3 Å². The van der Waals surface area contributed by atoms with Crippen molar-refractivity contribution in [1.29, 1.82) is 0 Å². The fraction of sp³-hybridized carbons (Fsp3) is 0.150. The number of hydrogen-bond donors (Lipinski definition) is 2. The Bertz CT molecular complexity index is 905. The molecule has 1 aromatic heterocycles. The average Bonchev–Trinajstić information content (AvgIpc) is 2.64. The third-order valence-electron chi connectivity index (χ3n) is 4.02. The molecule has 0 spiro atoms. The molecule has 5 nitrogen and oxygen atoms in total. The molecule has 0 aliphatic rings. The molecule has 1 heterocycles. The number of aryl methyl sites for hydroxylation is 2. The molecule has 1 amide bonds. The second-order valence-electron chi connectivity index (χ2n) is 5.95. The Balaban J connectivity index is 1.65. The van der Waals surface area contributed by atoms with Gasteiger partial charge in [0.1, 0.15) is 11.5 Å². The number of carbonyl (C=O) groups is 1. The first kappa shape index (κ1) is 17.9. The third-order valence-corrected chi connectivity index (χ3v) is 4.39. The average molecular weight is 367 g/mol. The molecule has 3 rings (SSSR count). The van der Waals surface area contributed by atoms with Gasteiger partial charge in [0.05, 0.1) is 12.4 Å². The van der Waals surface area contributed by atoms with E-state index in [0.717, 1.165) is 22.4 Å². The summed E-state index contributed by atoms with van der Waals surface area (Å²) in [5.74, 6) is 0.293. The predicted molar refractivity (Wildman–Crippen MR) is 105 cm³/mol. The van der Waals surface area contributed by atoms with Crippen LogP contribution in [0.3, 0.4) is 0 Å². The topological polar surface area (TPSA) is 66.9 Å². The normalized spacial score (nSPS) is 10.4. The number of benzene rings is 2. The quantitative estimate of drug-likeness (QED) is 0.691. The van der Waals surface area contributed by atoms with Crippen molar-refractivity contribution in [2.75, 3.05) is 10.6 Å². The maximum atomic E-state index is 12.4. The van der Waals surface area contributed by atoms with Crippen LogP contribution in [-0.2, 0) is 6.54 Å². The lowest BCUT2D eigenvalue weighted by Crippen LogP contribution is -2.16. The van der Waals surface area contributed by atoms with Gasteiger partial charge in [-0.1, -0.05) is 48.0 Å². The minimum Gasteiger partial charge on any atom is -0.365 e. The fourth-order valence-corrected chi connectivity index (χ4v) is 2.76. The fourth-order valence-electron chi connectivity index (χ4n) is 2.55. The van der Waals surface area contributed by atoms with Crippen LogP contribution in [-0.4, -0.2) is 15.9 Å². The Hall–Kier alpha value is -2.92. The second-order valence-corrected chi connectivity index (χ2v) is 6.36. The minimum absolute atomic E-state index is 0.260. The number of nitrogens with one attached hydrogen (secondary N) is 2. The Morgan fingerprint density at radius 3 is 2.38 bits per heavy atom. The zero-order chi connectivity index (χ0) is 18.5. The highest BCUT2D eigenvalue weighted by Crippen LogP contribution is 2.20. The Morgan fingerprint density at radius 1 is 1.00 bits per heavy atom. The molecule has 0 radical (unpaired) electrons. The number of rotatable bonds is 5. The summed E-state index contributed by atoms with van der Waals surface area (Å²) in [6.07, 6.45) is 2.99. The summed E-state index contributed by atoms with van der Waals surface area (Å²) in [4.78, 5) is 20.9. The Labute approximate surface area is 157 Å². The second kappa shape index (κ2) is 7.97. The van der Waals surface area contributed by atoms with E-state index >= 15 is 0 Å². The van der Waals surface area contributed by atoms with Crippen molar-refractivity contribution in [3.63, 3.8) is 0 Å². The van der Waals surface area contributed by atoms with Crippen molar-refractivity contribution in [2.45, 2.75) is 20.4 Å². The molecule has 0 aliphatic heterocycles. The summed E-state index contributed by atoms with van der Waals surface area (Å²) in [6.45, 7) is 4.44. The molecule has 0 saturated carbocycles. The summed E-state index contributed by atoms with van der Waals surface area (Å²) < 4.78 is 0. The van der Waals surface area contributed by atoms with Crippen LogP contribution in [0.5, 0.6) is 0 Å². The van der Waals surface area contributed by atoms with E-state index in [1.807, 2.05) is 56.3 Å². The number of amides is 1. The summed E-state index contributed by atoms with van der Waals surface area (Å²) in [6, 6.07) is 13.5. The van der Waals surface area contributed by atoms with Crippen molar-refractivity contribution in [3.05, 3.63) is 82.3 Å². The van der Waals surface area contributed by atoms with Gasteiger partial charge < -0.3 is 10.6 Å². The lowest BCUT2D eigenvalue weighted by Gasteiger charge is -2.11. The van der Waals surface area contributed by atoms with E-state index in [1.54, 1.807) is 0 Å². The van der Waals surface area contributed by atoms with Gasteiger partial charge in [0.25, 0.3) is 5.91 Å². The van der Waals surface area contributed by atoms with Crippen LogP contribution in [0.25, 0.3) is 0 Å². The molecule has 0 fully saturated rings. The standard InChI is InChI=1S/C20H19ClN4O/c1-13-6-5-7-14(2)19(13)25-20(26)17-11-24-18(12-22-17)23-10-15-8-3-4-9-16(15)21/h3-9,11-12H,10H2,1-2H3,(H,23,24)(H,25,26). The van der Waals surface area contributed by atoms with Gasteiger partial charge in [0.2, 0.25) is 0 Å². The molecule has 0 aliphatic carbocycles. The molecular formula is C20H19ClN4O. The summed E-state index contributed by atoms with van der Waals surface area (Å²) >= 11 is 6.13. The van der Waals surface area contributed by atoms with Crippen molar-refractivity contribution in [2.24, 2.45) is 0 Å². The first-order valence-electron chi connectivity index (χ1n) is 8.21. The van der Waals surface area contributed by atoms with Crippen LogP contribution in [0.1, 0.15) is 27.2 Å². The van der Waals surface area contributed by atoms with Crippen molar-refractivity contribution in [1.82, 2.24) is 9.97 Å². The summed E-state index contributed by atoms with van der Waals surface area (Å²) in [5.41, 5.74) is 4.04. The van der Waals surface area contributed by atoms with Crippen LogP contribution in [0.2, 0.25) is 5.02 Å². The van der Waals surface area contributed by atoms with Crippen molar-refractivity contribution < 1.29 is 4.79 Å². The maximum absolute atomic E-state index is 12.4. The highest BCUT2D eigenvalue weighted by atomic mass is 35.5. The molecule has 132 valence electrons. The van der Waals surface area contributed by atoms with Gasteiger partial charge in [-0.05, 0) is 36.6 Å². The smallest absolute Gasteiger partial charge is 0.275 e. The molecule has 26 heavy (non-hydrogen) atoms. The number of nitrogens with zero attached hydrogens (tertiary/aromatic N) is 2. The lowest BCUT2D eigenvalue weighted by atomic mass is 10.1. The highest BCUT2D eigenvalue weighted by molar-refractivity contribution is 6.31. The van der Waals surface area contributed by atoms with Crippen molar-refractivity contribution >= 4 is 29.0 Å². The van der Waals surface area contributed by atoms with E-state index in [9.17, 15) is 4.79 Å². The van der Waals surface area contributed by atoms with Crippen LogP contribution in [0.15, 0.2) is 54.9 Å². The molecule has 2 N–H and O–H groups in total. The maximum Gasteiger partial charge on any atom is 0.275 e. The van der Waals surface area contributed by atoms with Gasteiger partial charge >= 0.3 is 0 Å². The van der Waals surface area contributed by atoms with E-state index in [0.29, 0.717) is 17.4 Å². The Kier molecular flexibility index (Phi) is 5.49. The molecular weight excluding hydrogens is 348 g/mol. The number of aromatic nitrogens is 2. The number of anilines is 2. The van der Waals surface area contributed by atoms with E-state index in [-0.39, 0.29) is 11.6 Å². The van der Waals surface area contributed by atoms with Gasteiger partial charge in [-0.25, -0.2) is 9.97 Å². The van der Waals surface area contributed by atoms with Gasteiger partial charge in [-0.15, -0.1) is 0 Å². The molecule has 0 saturated heterocycles. The zero-order valence-electron chi connectivity index (χ0n) is 14.6. The van der Waals surface area contributed by atoms with Crippen LogP contribution < -0.4 is 10.6 Å². The summed E-state index contributed by atoms with van der Waals surface area (Å²) in [5, 5.41) is 6.74. The Morgan fingerprint density at radius 2 is 1.73 bits per heavy atom. The first-order chi connectivity index (χ1) is 12.5. The SMILES string of the molecule is Cc1cccc(C)c1NC(=O)c1cnc(NCc2ccccc2Cl)cn1. The number of para-hydroxylation sites is 1. The molecule has 3 aromatic rings. The largest absolute Gasteiger partial charge is 0.365 e. The molecule has 0 unspecified atom stereocenters. The van der Waals surface area contributed by atoms with E-state index in [4.69, 9.17) is 11.6 Å². The van der Waals surface area contributed by atoms with Crippen LogP contribution >= 0.6 is 11.6 Å². The summed E-state index contributed by atoms with van der Waals surface area (Å²) in [7, 11) is 0. The van der Waals surface area contributed by atoms with Gasteiger partial charge in [-0.3, -0.25) is 4.79 Å². The van der Waals surface area contributed by atoms with E-state index in [2.05, 4.69) is 20.6 Å². The first-order valence-corrected chi connectivity index (χ1v) is 8.59. The predicted octanol–water partition coefficient (Wildman–Crippen LogP) is 4.61. The highest BCUT2D eigenvalue weighted by Gasteiger charge is 2.11. The number of carbonyl (C=O) groups excluding carboxylic acids is 1. The monoisotopic (exact) mass is 366 g/mol. The number of halogens is 1. The lowest BCUT2D eigenvalue weighted by molar-refractivity contribution is 0.102. The number of hydrogen-bond acceptors (Lipinski definition) is 4. The molecule has 0 bridgehead atoms. The van der Waals surface area contributed by atoms with Gasteiger partial charge in [0.15, 0.2) is 0 Å². The van der Waals surface area contributed by atoms with Gasteiger partial charge in [-0.2, -0.15) is 0 Å². The minimum atomic E-state index is -0.285. The molecule has 2 aromatic carbocycles. The van der Waals surface area contributed by atoms with Crippen LogP contribution in [0, 0.1) is 13.8 Å². The molecule has 6 heteroatoms. The van der Waals surface area contributed by atoms with Crippen molar-refractivity contribution in [3.8, 4) is 0 Å². The third kappa shape index (κ3) is 4.18.